The second kappa shape index (κ2) is 5.27. The third-order valence-electron chi connectivity index (χ3n) is 2.30. The summed E-state index contributed by atoms with van der Waals surface area (Å²) in [7, 11) is -3.75. The lowest BCUT2D eigenvalue weighted by Gasteiger charge is -2.07. The molecule has 0 aliphatic heterocycles. The van der Waals surface area contributed by atoms with Crippen LogP contribution in [0.15, 0.2) is 53.4 Å². The van der Waals surface area contributed by atoms with Crippen molar-refractivity contribution in [1.29, 1.82) is 0 Å². The Morgan fingerprint density at radius 2 is 1.72 bits per heavy atom. The van der Waals surface area contributed by atoms with Gasteiger partial charge in [-0.25, -0.2) is 0 Å². The van der Waals surface area contributed by atoms with Crippen LogP contribution in [-0.4, -0.2) is 8.42 Å². The van der Waals surface area contributed by atoms with E-state index >= 15 is 0 Å². The largest absolute Gasteiger partial charge is 0.379 e. The maximum atomic E-state index is 12.0. The quantitative estimate of drug-likeness (QED) is 0.611. The molecule has 0 N–H and O–H groups in total. The number of rotatable bonds is 3. The Bertz CT molecular complexity index is 648. The number of hydrogen-bond donors (Lipinski definition) is 0. The molecule has 0 unspecified atom stereocenters. The Balaban J connectivity index is 2.30. The zero-order valence-corrected chi connectivity index (χ0v) is 12.6. The summed E-state index contributed by atoms with van der Waals surface area (Å²) < 4.78 is 30.1. The van der Waals surface area contributed by atoms with E-state index in [1.54, 1.807) is 30.3 Å². The minimum absolute atomic E-state index is 0.157. The Labute approximate surface area is 120 Å². The first-order chi connectivity index (χ1) is 8.47. The van der Waals surface area contributed by atoms with Gasteiger partial charge in [0.1, 0.15) is 10.6 Å². The monoisotopic (exact) mass is 374 g/mol. The molecule has 0 saturated heterocycles. The van der Waals surface area contributed by atoms with Crippen molar-refractivity contribution in [2.45, 2.75) is 11.8 Å². The van der Waals surface area contributed by atoms with Gasteiger partial charge in [0.2, 0.25) is 0 Å². The molecule has 0 heterocycles. The fourth-order valence-corrected chi connectivity index (χ4v) is 2.73. The third-order valence-corrected chi connectivity index (χ3v) is 4.28. The predicted octanol–water partition coefficient (Wildman–Crippen LogP) is 3.37. The van der Waals surface area contributed by atoms with Crippen molar-refractivity contribution < 1.29 is 12.6 Å². The predicted molar refractivity (Wildman–Crippen MR) is 78.2 cm³/mol. The molecule has 0 saturated carbocycles. The second-order valence-corrected chi connectivity index (χ2v) is 6.60. The zero-order valence-electron chi connectivity index (χ0n) is 9.63. The fourth-order valence-electron chi connectivity index (χ4n) is 1.44. The summed E-state index contributed by atoms with van der Waals surface area (Å²) in [5.41, 5.74) is 0.949. The molecule has 94 valence electrons. The SMILES string of the molecule is Cc1cccc(OS(=O)(=O)c2ccc(I)cc2)c1. The van der Waals surface area contributed by atoms with Crippen LogP contribution in [0.25, 0.3) is 0 Å². The summed E-state index contributed by atoms with van der Waals surface area (Å²) >= 11 is 2.12. The van der Waals surface area contributed by atoms with Crippen LogP contribution in [0.1, 0.15) is 5.56 Å². The highest BCUT2D eigenvalue weighted by Crippen LogP contribution is 2.20. The van der Waals surface area contributed by atoms with Gasteiger partial charge in [-0.05, 0) is 71.5 Å². The van der Waals surface area contributed by atoms with Gasteiger partial charge in [0, 0.05) is 3.57 Å². The van der Waals surface area contributed by atoms with Gasteiger partial charge >= 0.3 is 10.1 Å². The van der Waals surface area contributed by atoms with Crippen LogP contribution in [0, 0.1) is 10.5 Å². The van der Waals surface area contributed by atoms with Crippen molar-refractivity contribution in [2.24, 2.45) is 0 Å². The van der Waals surface area contributed by atoms with Crippen molar-refractivity contribution in [1.82, 2.24) is 0 Å². The van der Waals surface area contributed by atoms with Gasteiger partial charge < -0.3 is 4.18 Å². The molecule has 0 radical (unpaired) electrons. The third kappa shape index (κ3) is 3.23. The van der Waals surface area contributed by atoms with Crippen LogP contribution < -0.4 is 4.18 Å². The molecule has 0 aliphatic rings. The highest BCUT2D eigenvalue weighted by atomic mass is 127. The van der Waals surface area contributed by atoms with Gasteiger partial charge in [0.25, 0.3) is 0 Å². The van der Waals surface area contributed by atoms with Gasteiger partial charge in [-0.3, -0.25) is 0 Å². The Morgan fingerprint density at radius 3 is 2.33 bits per heavy atom. The molecule has 0 fully saturated rings. The van der Waals surface area contributed by atoms with Gasteiger partial charge in [-0.1, -0.05) is 12.1 Å². The van der Waals surface area contributed by atoms with Crippen molar-refractivity contribution in [3.63, 3.8) is 0 Å². The first-order valence-corrected chi connectivity index (χ1v) is 7.73. The van der Waals surface area contributed by atoms with Crippen molar-refractivity contribution >= 4 is 32.7 Å². The Kier molecular flexibility index (Phi) is 3.91. The number of halogens is 1. The molecule has 0 amide bonds. The molecule has 2 rings (SSSR count). The molecule has 0 aliphatic carbocycles. The molecule has 3 nitrogen and oxygen atoms in total. The Hall–Kier alpha value is -1.08. The number of aryl methyl sites for hydroxylation is 1. The van der Waals surface area contributed by atoms with E-state index in [0.29, 0.717) is 5.75 Å². The summed E-state index contributed by atoms with van der Waals surface area (Å²) in [6.07, 6.45) is 0. The molecule has 2 aromatic rings. The summed E-state index contributed by atoms with van der Waals surface area (Å²) in [6, 6.07) is 13.5. The lowest BCUT2D eigenvalue weighted by Crippen LogP contribution is -2.09. The van der Waals surface area contributed by atoms with Gasteiger partial charge in [0.15, 0.2) is 0 Å². The van der Waals surface area contributed by atoms with E-state index in [-0.39, 0.29) is 4.90 Å². The van der Waals surface area contributed by atoms with Gasteiger partial charge in [-0.2, -0.15) is 8.42 Å². The molecular formula is C13H11IO3S. The number of hydrogen-bond acceptors (Lipinski definition) is 3. The summed E-state index contributed by atoms with van der Waals surface area (Å²) in [4.78, 5) is 0.157. The van der Waals surface area contributed by atoms with Crippen LogP contribution in [0.5, 0.6) is 5.75 Å². The summed E-state index contributed by atoms with van der Waals surface area (Å²) in [6.45, 7) is 1.88. The first-order valence-electron chi connectivity index (χ1n) is 5.24. The maximum Gasteiger partial charge on any atom is 0.339 e. The van der Waals surface area contributed by atoms with Crippen LogP contribution >= 0.6 is 22.6 Å². The maximum absolute atomic E-state index is 12.0. The fraction of sp³-hybridized carbons (Fsp3) is 0.0769. The van der Waals surface area contributed by atoms with Crippen LogP contribution in [0.2, 0.25) is 0 Å². The normalized spacial score (nSPS) is 11.2. The summed E-state index contributed by atoms with van der Waals surface area (Å²) in [5.74, 6) is 0.327. The van der Waals surface area contributed by atoms with Crippen LogP contribution in [-0.2, 0) is 10.1 Å². The zero-order chi connectivity index (χ0) is 13.2. The van der Waals surface area contributed by atoms with Gasteiger partial charge in [0.05, 0.1) is 0 Å². The smallest absolute Gasteiger partial charge is 0.339 e. The minimum Gasteiger partial charge on any atom is -0.379 e. The van der Waals surface area contributed by atoms with Crippen LogP contribution in [0.3, 0.4) is 0 Å². The van der Waals surface area contributed by atoms with E-state index in [2.05, 4.69) is 22.6 Å². The summed E-state index contributed by atoms with van der Waals surface area (Å²) in [5, 5.41) is 0. The first kappa shape index (κ1) is 13.4. The molecule has 18 heavy (non-hydrogen) atoms. The molecule has 0 atom stereocenters. The minimum atomic E-state index is -3.75. The molecule has 2 aromatic carbocycles. The molecular weight excluding hydrogens is 363 g/mol. The highest BCUT2D eigenvalue weighted by Gasteiger charge is 2.16. The lowest BCUT2D eigenvalue weighted by molar-refractivity contribution is 0.486. The molecule has 5 heteroatoms. The van der Waals surface area contributed by atoms with Crippen molar-refractivity contribution in [3.8, 4) is 5.75 Å². The Morgan fingerprint density at radius 1 is 1.06 bits per heavy atom. The van der Waals surface area contributed by atoms with Crippen molar-refractivity contribution in [3.05, 3.63) is 57.7 Å². The van der Waals surface area contributed by atoms with E-state index < -0.39 is 10.1 Å². The van der Waals surface area contributed by atoms with E-state index in [0.717, 1.165) is 9.13 Å². The highest BCUT2D eigenvalue weighted by molar-refractivity contribution is 14.1. The average Bonchev–Trinajstić information content (AvgIpc) is 2.29. The topological polar surface area (TPSA) is 43.4 Å². The van der Waals surface area contributed by atoms with E-state index in [9.17, 15) is 8.42 Å². The average molecular weight is 374 g/mol. The molecule has 0 bridgehead atoms. The van der Waals surface area contributed by atoms with E-state index in [1.165, 1.54) is 12.1 Å². The van der Waals surface area contributed by atoms with E-state index in [1.807, 2.05) is 13.0 Å². The standard InChI is InChI=1S/C13H11IO3S/c1-10-3-2-4-12(9-10)17-18(15,16)13-7-5-11(14)6-8-13/h2-9H,1H3. The van der Waals surface area contributed by atoms with Crippen LogP contribution in [0.4, 0.5) is 0 Å². The number of benzene rings is 2. The molecule has 0 spiro atoms. The molecule has 0 aromatic heterocycles. The van der Waals surface area contributed by atoms with Gasteiger partial charge in [-0.15, -0.1) is 0 Å². The van der Waals surface area contributed by atoms with E-state index in [4.69, 9.17) is 4.18 Å². The second-order valence-electron chi connectivity index (χ2n) is 3.81. The van der Waals surface area contributed by atoms with Crippen molar-refractivity contribution in [2.75, 3.05) is 0 Å². The lowest BCUT2D eigenvalue weighted by atomic mass is 10.2.